The van der Waals surface area contributed by atoms with Gasteiger partial charge in [0.15, 0.2) is 6.67 Å². The maximum Gasteiger partial charge on any atom is 0.382 e. The van der Waals surface area contributed by atoms with Crippen LogP contribution in [0.2, 0.25) is 0 Å². The highest BCUT2D eigenvalue weighted by atomic mass is 16.1. The fraction of sp³-hybridized carbons (Fsp3) is 0.333. The number of anilines is 1. The van der Waals surface area contributed by atoms with Gasteiger partial charge in [-0.05, 0) is 6.92 Å². The molecule has 0 bridgehead atoms. The topological polar surface area (TPSA) is 60.2 Å². The van der Waals surface area contributed by atoms with Gasteiger partial charge < -0.3 is 0 Å². The minimum absolute atomic E-state index is 0.0405. The molecular weight excluding hydrogens is 144 g/mol. The Morgan fingerprint density at radius 1 is 1.73 bits per heavy atom. The van der Waals surface area contributed by atoms with E-state index in [2.05, 4.69) is 15.7 Å². The van der Waals surface area contributed by atoms with E-state index in [1.165, 1.54) is 4.68 Å². The minimum atomic E-state index is -0.0405. The molecule has 0 atom stereocenters. The van der Waals surface area contributed by atoms with Crippen LogP contribution in [-0.4, -0.2) is 11.3 Å². The molecule has 1 aliphatic rings. The van der Waals surface area contributed by atoms with Crippen molar-refractivity contribution in [1.82, 2.24) is 4.68 Å². The number of hydrogen-bond acceptors (Lipinski definition) is 3. The first-order chi connectivity index (χ1) is 5.27. The Kier molecular flexibility index (Phi) is 1.12. The van der Waals surface area contributed by atoms with Gasteiger partial charge in [-0.2, -0.15) is 0 Å². The molecule has 0 spiro atoms. The van der Waals surface area contributed by atoms with E-state index in [0.29, 0.717) is 6.67 Å². The van der Waals surface area contributed by atoms with Crippen LogP contribution in [0, 0.1) is 6.92 Å². The van der Waals surface area contributed by atoms with Crippen molar-refractivity contribution in [2.24, 2.45) is 0 Å². The Morgan fingerprint density at radius 2 is 2.55 bits per heavy atom. The molecule has 1 aromatic heterocycles. The smallest absolute Gasteiger partial charge is 0.255 e. The van der Waals surface area contributed by atoms with Crippen molar-refractivity contribution in [3.8, 4) is 0 Å². The van der Waals surface area contributed by atoms with Crippen molar-refractivity contribution < 1.29 is 4.98 Å². The lowest BCUT2D eigenvalue weighted by Gasteiger charge is -1.93. The van der Waals surface area contributed by atoms with Crippen molar-refractivity contribution in [2.75, 3.05) is 17.4 Å². The van der Waals surface area contributed by atoms with E-state index >= 15 is 0 Å². The SMILES string of the molecule is Cc1cc(=O)n2c([nH+]1)NCN2. The van der Waals surface area contributed by atoms with Gasteiger partial charge in [0.05, 0.1) is 11.8 Å². The standard InChI is InChI=1S/C6H8N4O/c1-4-2-5(11)10-6(9-4)7-3-8-10/h2,8H,3H2,1H3,(H,7,9)/p+1. The van der Waals surface area contributed by atoms with Crippen molar-refractivity contribution in [2.45, 2.75) is 6.92 Å². The Hall–Kier alpha value is -1.52. The van der Waals surface area contributed by atoms with Gasteiger partial charge in [0.1, 0.15) is 0 Å². The van der Waals surface area contributed by atoms with Gasteiger partial charge in [-0.25, -0.2) is 15.2 Å². The highest BCUT2D eigenvalue weighted by Crippen LogP contribution is 1.97. The summed E-state index contributed by atoms with van der Waals surface area (Å²) in [4.78, 5) is 14.2. The molecule has 0 aliphatic carbocycles. The fourth-order valence-electron chi connectivity index (χ4n) is 1.12. The van der Waals surface area contributed by atoms with Crippen LogP contribution in [0.3, 0.4) is 0 Å². The van der Waals surface area contributed by atoms with Crippen LogP contribution < -0.4 is 21.3 Å². The molecule has 0 saturated carbocycles. The average molecular weight is 153 g/mol. The first kappa shape index (κ1) is 6.21. The van der Waals surface area contributed by atoms with E-state index in [4.69, 9.17) is 0 Å². The number of aromatic nitrogens is 2. The van der Waals surface area contributed by atoms with Crippen molar-refractivity contribution in [3.05, 3.63) is 22.1 Å². The molecule has 2 rings (SSSR count). The zero-order valence-corrected chi connectivity index (χ0v) is 6.14. The molecule has 0 fully saturated rings. The van der Waals surface area contributed by atoms with Gasteiger partial charge in [0, 0.05) is 0 Å². The number of fused-ring (bicyclic) bond motifs is 1. The number of aryl methyl sites for hydroxylation is 1. The quantitative estimate of drug-likeness (QED) is 0.497. The Morgan fingerprint density at radius 3 is 3.36 bits per heavy atom. The van der Waals surface area contributed by atoms with Crippen LogP contribution in [0.1, 0.15) is 5.69 Å². The molecule has 0 amide bonds. The summed E-state index contributed by atoms with van der Waals surface area (Å²) in [7, 11) is 0. The highest BCUT2D eigenvalue weighted by molar-refractivity contribution is 5.25. The minimum Gasteiger partial charge on any atom is -0.255 e. The first-order valence-electron chi connectivity index (χ1n) is 3.41. The van der Waals surface area contributed by atoms with Gasteiger partial charge in [-0.1, -0.05) is 4.68 Å². The Labute approximate surface area is 63.0 Å². The molecule has 0 aromatic carbocycles. The molecule has 11 heavy (non-hydrogen) atoms. The second kappa shape index (κ2) is 1.98. The van der Waals surface area contributed by atoms with Crippen molar-refractivity contribution >= 4 is 5.95 Å². The summed E-state index contributed by atoms with van der Waals surface area (Å²) >= 11 is 0. The normalized spacial score (nSPS) is 13.5. The summed E-state index contributed by atoms with van der Waals surface area (Å²) in [5.74, 6) is 0.718. The third-order valence-electron chi connectivity index (χ3n) is 1.59. The van der Waals surface area contributed by atoms with Crippen molar-refractivity contribution in [1.29, 1.82) is 0 Å². The molecule has 1 aromatic rings. The Bertz CT molecular complexity index is 343. The summed E-state index contributed by atoms with van der Waals surface area (Å²) in [5, 5.41) is 2.98. The molecule has 1 aliphatic heterocycles. The van der Waals surface area contributed by atoms with E-state index in [9.17, 15) is 4.79 Å². The van der Waals surface area contributed by atoms with E-state index < -0.39 is 0 Å². The van der Waals surface area contributed by atoms with E-state index in [1.807, 2.05) is 6.92 Å². The molecule has 2 heterocycles. The van der Waals surface area contributed by atoms with E-state index in [-0.39, 0.29) is 5.56 Å². The average Bonchev–Trinajstić information content (AvgIpc) is 2.34. The van der Waals surface area contributed by atoms with E-state index in [1.54, 1.807) is 6.07 Å². The number of nitrogens with zero attached hydrogens (tertiary/aromatic N) is 1. The summed E-state index contributed by atoms with van der Waals surface area (Å²) in [6.45, 7) is 2.44. The third kappa shape index (κ3) is 0.849. The van der Waals surface area contributed by atoms with Crippen molar-refractivity contribution in [3.63, 3.8) is 0 Å². The number of aromatic amines is 1. The highest BCUT2D eigenvalue weighted by Gasteiger charge is 2.18. The first-order valence-corrected chi connectivity index (χ1v) is 3.41. The second-order valence-corrected chi connectivity index (χ2v) is 2.49. The van der Waals surface area contributed by atoms with Crippen LogP contribution in [-0.2, 0) is 0 Å². The number of rotatable bonds is 0. The lowest BCUT2D eigenvalue weighted by Crippen LogP contribution is -2.29. The van der Waals surface area contributed by atoms with Crippen LogP contribution in [0.4, 0.5) is 5.95 Å². The summed E-state index contributed by atoms with van der Waals surface area (Å²) in [6.07, 6.45) is 0. The van der Waals surface area contributed by atoms with Gasteiger partial charge in [-0.15, -0.1) is 0 Å². The number of hydrogen-bond donors (Lipinski definition) is 2. The van der Waals surface area contributed by atoms with Gasteiger partial charge >= 0.3 is 11.5 Å². The van der Waals surface area contributed by atoms with Crippen LogP contribution in [0.25, 0.3) is 0 Å². The molecule has 5 nitrogen and oxygen atoms in total. The predicted molar refractivity (Wildman–Crippen MR) is 39.8 cm³/mol. The monoisotopic (exact) mass is 153 g/mol. The maximum absolute atomic E-state index is 11.2. The predicted octanol–water partition coefficient (Wildman–Crippen LogP) is -1.10. The second-order valence-electron chi connectivity index (χ2n) is 2.49. The van der Waals surface area contributed by atoms with Gasteiger partial charge in [-0.3, -0.25) is 5.32 Å². The molecule has 0 saturated heterocycles. The molecular formula is C6H9N4O+. The third-order valence-corrected chi connectivity index (χ3v) is 1.59. The van der Waals surface area contributed by atoms with Crippen LogP contribution >= 0.6 is 0 Å². The summed E-state index contributed by atoms with van der Waals surface area (Å²) < 4.78 is 1.45. The molecule has 58 valence electrons. The lowest BCUT2D eigenvalue weighted by atomic mass is 10.4. The molecule has 0 radical (unpaired) electrons. The van der Waals surface area contributed by atoms with Gasteiger partial charge in [0.2, 0.25) is 0 Å². The molecule has 3 N–H and O–H groups in total. The zero-order valence-electron chi connectivity index (χ0n) is 6.14. The Balaban J connectivity index is 2.70. The molecule has 5 heteroatoms. The number of nitrogens with one attached hydrogen (secondary N) is 3. The number of H-pyrrole nitrogens is 1. The zero-order chi connectivity index (χ0) is 7.84. The summed E-state index contributed by atoms with van der Waals surface area (Å²) in [6, 6.07) is 1.55. The largest absolute Gasteiger partial charge is 0.382 e. The maximum atomic E-state index is 11.2. The van der Waals surface area contributed by atoms with Crippen LogP contribution in [0.15, 0.2) is 10.9 Å². The van der Waals surface area contributed by atoms with Gasteiger partial charge in [0.25, 0.3) is 0 Å². The fourth-order valence-corrected chi connectivity index (χ4v) is 1.12. The molecule has 0 unspecified atom stereocenters. The van der Waals surface area contributed by atoms with Crippen LogP contribution in [0.5, 0.6) is 0 Å². The van der Waals surface area contributed by atoms with E-state index in [0.717, 1.165) is 11.6 Å². The lowest BCUT2D eigenvalue weighted by molar-refractivity contribution is -0.376. The summed E-state index contributed by atoms with van der Waals surface area (Å²) in [5.41, 5.74) is 3.68.